The van der Waals surface area contributed by atoms with Crippen LogP contribution in [-0.4, -0.2) is 5.71 Å². The molecule has 1 heteroatoms. The second kappa shape index (κ2) is 3.67. The molecule has 0 atom stereocenters. The van der Waals surface area contributed by atoms with Crippen LogP contribution >= 0.6 is 0 Å². The lowest BCUT2D eigenvalue weighted by atomic mass is 10.00. The van der Waals surface area contributed by atoms with Crippen molar-refractivity contribution in [2.75, 3.05) is 0 Å². The van der Waals surface area contributed by atoms with Crippen molar-refractivity contribution in [1.29, 1.82) is 0 Å². The van der Waals surface area contributed by atoms with Crippen molar-refractivity contribution in [1.82, 2.24) is 0 Å². The summed E-state index contributed by atoms with van der Waals surface area (Å²) in [6.07, 6.45) is 6.44. The molecule has 0 amide bonds. The van der Waals surface area contributed by atoms with E-state index in [1.807, 2.05) is 0 Å². The van der Waals surface area contributed by atoms with Crippen LogP contribution in [0.25, 0.3) is 6.08 Å². The van der Waals surface area contributed by atoms with Gasteiger partial charge in [0.25, 0.3) is 0 Å². The molecule has 2 aromatic rings. The Morgan fingerprint density at radius 1 is 0.944 bits per heavy atom. The van der Waals surface area contributed by atoms with Gasteiger partial charge in [0, 0.05) is 6.42 Å². The van der Waals surface area contributed by atoms with E-state index in [0.29, 0.717) is 0 Å². The fraction of sp³-hybridized carbons (Fsp3) is 0.118. The summed E-state index contributed by atoms with van der Waals surface area (Å²) in [6.45, 7) is 0. The summed E-state index contributed by atoms with van der Waals surface area (Å²) in [4.78, 5) is 4.74. The monoisotopic (exact) mass is 231 g/mol. The molecule has 18 heavy (non-hydrogen) atoms. The Kier molecular flexibility index (Phi) is 2.01. The lowest BCUT2D eigenvalue weighted by Gasteiger charge is -2.04. The zero-order valence-corrected chi connectivity index (χ0v) is 10.1. The zero-order chi connectivity index (χ0) is 11.9. The molecule has 1 nitrogen and oxygen atoms in total. The fourth-order valence-corrected chi connectivity index (χ4v) is 2.74. The van der Waals surface area contributed by atoms with E-state index in [0.717, 1.165) is 18.5 Å². The van der Waals surface area contributed by atoms with Crippen molar-refractivity contribution in [3.63, 3.8) is 0 Å². The maximum absolute atomic E-state index is 4.74. The van der Waals surface area contributed by atoms with Crippen molar-refractivity contribution in [3.05, 3.63) is 70.8 Å². The molecule has 4 rings (SSSR count). The van der Waals surface area contributed by atoms with Gasteiger partial charge in [-0.2, -0.15) is 0 Å². The summed E-state index contributed by atoms with van der Waals surface area (Å²) in [5.41, 5.74) is 7.72. The molecule has 2 aliphatic rings. The number of benzene rings is 2. The first-order valence-corrected chi connectivity index (χ1v) is 6.35. The molecular weight excluding hydrogens is 218 g/mol. The van der Waals surface area contributed by atoms with E-state index in [4.69, 9.17) is 4.99 Å². The molecule has 86 valence electrons. The van der Waals surface area contributed by atoms with Crippen molar-refractivity contribution in [2.45, 2.75) is 12.8 Å². The number of nitrogens with zero attached hydrogens (tertiary/aromatic N) is 1. The smallest absolute Gasteiger partial charge is 0.0669 e. The van der Waals surface area contributed by atoms with Crippen molar-refractivity contribution in [3.8, 4) is 0 Å². The largest absolute Gasteiger partial charge is 0.252 e. The van der Waals surface area contributed by atoms with Gasteiger partial charge in [0.05, 0.1) is 11.4 Å². The Hall–Kier alpha value is -2.15. The van der Waals surface area contributed by atoms with Gasteiger partial charge >= 0.3 is 0 Å². The maximum atomic E-state index is 4.74. The predicted molar refractivity (Wildman–Crippen MR) is 75.5 cm³/mol. The van der Waals surface area contributed by atoms with E-state index >= 15 is 0 Å². The van der Waals surface area contributed by atoms with Gasteiger partial charge in [-0.3, -0.25) is 4.99 Å². The van der Waals surface area contributed by atoms with Crippen LogP contribution in [0.2, 0.25) is 0 Å². The van der Waals surface area contributed by atoms with Gasteiger partial charge in [0.15, 0.2) is 0 Å². The van der Waals surface area contributed by atoms with Crippen molar-refractivity contribution < 1.29 is 0 Å². The molecule has 0 saturated carbocycles. The van der Waals surface area contributed by atoms with Gasteiger partial charge in [-0.15, -0.1) is 0 Å². The van der Waals surface area contributed by atoms with Crippen LogP contribution in [0.5, 0.6) is 0 Å². The van der Waals surface area contributed by atoms with Crippen molar-refractivity contribution in [2.24, 2.45) is 4.99 Å². The third kappa shape index (κ3) is 1.44. The Labute approximate surface area is 107 Å². The standard InChI is InChI=1S/C17H13N/c1-2-7-16-14(4-1)11-17(18-16)15-9-8-12-5-3-6-13(12)10-15/h1-5,7-10H,6,11H2. The minimum atomic E-state index is 0.961. The summed E-state index contributed by atoms with van der Waals surface area (Å²) in [5.74, 6) is 0. The first-order valence-electron chi connectivity index (χ1n) is 6.35. The number of allylic oxidation sites excluding steroid dienone is 1. The van der Waals surface area contributed by atoms with E-state index in [-0.39, 0.29) is 0 Å². The molecule has 0 N–H and O–H groups in total. The highest BCUT2D eigenvalue weighted by Gasteiger charge is 2.16. The van der Waals surface area contributed by atoms with Crippen LogP contribution in [0.1, 0.15) is 22.3 Å². The van der Waals surface area contributed by atoms with Crippen molar-refractivity contribution >= 4 is 17.5 Å². The molecule has 1 aliphatic carbocycles. The highest BCUT2D eigenvalue weighted by molar-refractivity contribution is 6.06. The number of hydrogen-bond acceptors (Lipinski definition) is 1. The second-order valence-corrected chi connectivity index (χ2v) is 4.88. The number of hydrogen-bond donors (Lipinski definition) is 0. The van der Waals surface area contributed by atoms with Crippen LogP contribution in [0, 0.1) is 0 Å². The Bertz CT molecular complexity index is 693. The van der Waals surface area contributed by atoms with Gasteiger partial charge in [-0.05, 0) is 40.8 Å². The Morgan fingerprint density at radius 2 is 1.89 bits per heavy atom. The molecule has 0 unspecified atom stereocenters. The molecule has 1 aliphatic heterocycles. The normalized spacial score (nSPS) is 15.4. The quantitative estimate of drug-likeness (QED) is 0.705. The summed E-state index contributed by atoms with van der Waals surface area (Å²) in [6, 6.07) is 15.1. The first kappa shape index (κ1) is 9.84. The Morgan fingerprint density at radius 3 is 2.83 bits per heavy atom. The van der Waals surface area contributed by atoms with E-state index in [1.165, 1.54) is 28.0 Å². The van der Waals surface area contributed by atoms with E-state index in [9.17, 15) is 0 Å². The second-order valence-electron chi connectivity index (χ2n) is 4.88. The van der Waals surface area contributed by atoms with Crippen LogP contribution in [0.15, 0.2) is 53.5 Å². The van der Waals surface area contributed by atoms with Crippen LogP contribution in [-0.2, 0) is 12.8 Å². The van der Waals surface area contributed by atoms with E-state index in [2.05, 4.69) is 54.6 Å². The Balaban J connectivity index is 1.75. The number of aliphatic imine (C=N–C) groups is 1. The minimum Gasteiger partial charge on any atom is -0.252 e. The molecule has 0 bridgehead atoms. The SMILES string of the molecule is C1=Cc2ccc(C3=Nc4ccccc4C3)cc2C1. The predicted octanol–water partition coefficient (Wildman–Crippen LogP) is 3.93. The molecule has 0 spiro atoms. The average molecular weight is 231 g/mol. The fourth-order valence-electron chi connectivity index (χ4n) is 2.74. The topological polar surface area (TPSA) is 12.4 Å². The average Bonchev–Trinajstić information content (AvgIpc) is 3.04. The highest BCUT2D eigenvalue weighted by atomic mass is 14.8. The highest BCUT2D eigenvalue weighted by Crippen LogP contribution is 2.29. The molecule has 0 fully saturated rings. The summed E-state index contributed by atoms with van der Waals surface area (Å²) in [5, 5.41) is 0. The van der Waals surface area contributed by atoms with E-state index in [1.54, 1.807) is 0 Å². The first-order chi connectivity index (χ1) is 8.90. The summed E-state index contributed by atoms with van der Waals surface area (Å²) in [7, 11) is 0. The molecule has 0 aromatic heterocycles. The number of para-hydroxylation sites is 1. The van der Waals surface area contributed by atoms with Gasteiger partial charge in [-0.1, -0.05) is 42.5 Å². The summed E-state index contributed by atoms with van der Waals surface area (Å²) < 4.78 is 0. The molecule has 0 radical (unpaired) electrons. The van der Waals surface area contributed by atoms with Crippen LogP contribution in [0.4, 0.5) is 5.69 Å². The minimum absolute atomic E-state index is 0.961. The van der Waals surface area contributed by atoms with Gasteiger partial charge < -0.3 is 0 Å². The number of rotatable bonds is 1. The molecular formula is C17H13N. The lowest BCUT2D eigenvalue weighted by Crippen LogP contribution is -2.01. The molecule has 2 aromatic carbocycles. The third-order valence-electron chi connectivity index (χ3n) is 3.72. The zero-order valence-electron chi connectivity index (χ0n) is 10.1. The third-order valence-corrected chi connectivity index (χ3v) is 3.72. The van der Waals surface area contributed by atoms with Crippen LogP contribution < -0.4 is 0 Å². The molecule has 0 saturated heterocycles. The lowest BCUT2D eigenvalue weighted by molar-refractivity contribution is 1.30. The van der Waals surface area contributed by atoms with Gasteiger partial charge in [0.1, 0.15) is 0 Å². The van der Waals surface area contributed by atoms with Gasteiger partial charge in [-0.25, -0.2) is 0 Å². The maximum Gasteiger partial charge on any atom is 0.0669 e. The van der Waals surface area contributed by atoms with E-state index < -0.39 is 0 Å². The summed E-state index contributed by atoms with van der Waals surface area (Å²) >= 11 is 0. The number of fused-ring (bicyclic) bond motifs is 2. The van der Waals surface area contributed by atoms with Crippen LogP contribution in [0.3, 0.4) is 0 Å². The van der Waals surface area contributed by atoms with Gasteiger partial charge in [0.2, 0.25) is 0 Å². The molecule has 1 heterocycles.